The van der Waals surface area contributed by atoms with Crippen molar-refractivity contribution >= 4 is 38.1 Å². The van der Waals surface area contributed by atoms with Crippen molar-refractivity contribution in [1.82, 2.24) is 10.2 Å². The Labute approximate surface area is 150 Å². The number of hydrogen-bond donors (Lipinski definition) is 2. The lowest BCUT2D eigenvalue weighted by Gasteiger charge is -2.13. The summed E-state index contributed by atoms with van der Waals surface area (Å²) in [6, 6.07) is 3.16. The monoisotopic (exact) mass is 384 g/mol. The van der Waals surface area contributed by atoms with E-state index in [0.29, 0.717) is 34.8 Å². The molecule has 0 aliphatic heterocycles. The van der Waals surface area contributed by atoms with Crippen LogP contribution in [0, 0.1) is 13.8 Å². The van der Waals surface area contributed by atoms with Gasteiger partial charge in [-0.3, -0.25) is 9.52 Å². The second kappa shape index (κ2) is 7.89. The van der Waals surface area contributed by atoms with E-state index in [0.717, 1.165) is 0 Å². The molecule has 2 rings (SSSR count). The van der Waals surface area contributed by atoms with Gasteiger partial charge in [0.05, 0.1) is 11.5 Å². The number of carbonyl (C=O) groups is 1. The lowest BCUT2D eigenvalue weighted by atomic mass is 10.1. The maximum absolute atomic E-state index is 12.6. The molecule has 2 aromatic rings. The van der Waals surface area contributed by atoms with Crippen molar-refractivity contribution in [2.24, 2.45) is 0 Å². The number of carbonyl (C=O) groups excluding carboxylic acids is 1. The first-order valence-corrected chi connectivity index (χ1v) is 9.76. The summed E-state index contributed by atoms with van der Waals surface area (Å²) >= 11 is 1.17. The topological polar surface area (TPSA) is 110 Å². The zero-order valence-corrected chi connectivity index (χ0v) is 16.0. The fourth-order valence-electron chi connectivity index (χ4n) is 2.16. The number of hydrogen-bond acceptors (Lipinski definition) is 7. The van der Waals surface area contributed by atoms with Gasteiger partial charge in [0.25, 0.3) is 10.0 Å². The van der Waals surface area contributed by atoms with E-state index in [9.17, 15) is 13.2 Å². The predicted molar refractivity (Wildman–Crippen MR) is 96.5 cm³/mol. The molecule has 0 fully saturated rings. The molecule has 2 N–H and O–H groups in total. The Kier molecular flexibility index (Phi) is 6.09. The number of aryl methyl sites for hydroxylation is 2. The molecule has 25 heavy (non-hydrogen) atoms. The summed E-state index contributed by atoms with van der Waals surface area (Å²) in [5, 5.41) is 11.4. The van der Waals surface area contributed by atoms with E-state index in [2.05, 4.69) is 20.2 Å². The van der Waals surface area contributed by atoms with Gasteiger partial charge in [0.2, 0.25) is 11.0 Å². The molecule has 0 aliphatic rings. The average Bonchev–Trinajstić information content (AvgIpc) is 2.94. The SMILES string of the molecule is COCCc1nnc(NS(=O)(=O)c2cc(C)c(NC(C)=O)cc2C)s1. The van der Waals surface area contributed by atoms with Gasteiger partial charge in [0.15, 0.2) is 0 Å². The van der Waals surface area contributed by atoms with E-state index in [1.54, 1.807) is 27.0 Å². The summed E-state index contributed by atoms with van der Waals surface area (Å²) in [4.78, 5) is 11.3. The highest BCUT2D eigenvalue weighted by molar-refractivity contribution is 7.93. The second-order valence-corrected chi connectivity index (χ2v) is 8.18. The van der Waals surface area contributed by atoms with Crippen molar-refractivity contribution in [3.05, 3.63) is 28.3 Å². The van der Waals surface area contributed by atoms with E-state index >= 15 is 0 Å². The Morgan fingerprint density at radius 1 is 1.24 bits per heavy atom. The molecule has 1 aromatic heterocycles. The van der Waals surface area contributed by atoms with Crippen molar-refractivity contribution in [3.63, 3.8) is 0 Å². The van der Waals surface area contributed by atoms with Crippen LogP contribution in [0.25, 0.3) is 0 Å². The second-order valence-electron chi connectivity index (χ2n) is 5.46. The van der Waals surface area contributed by atoms with Crippen LogP contribution in [0.4, 0.5) is 10.8 Å². The Bertz CT molecular complexity index is 878. The van der Waals surface area contributed by atoms with Gasteiger partial charge in [-0.2, -0.15) is 0 Å². The summed E-state index contributed by atoms with van der Waals surface area (Å²) in [5.41, 5.74) is 1.76. The Morgan fingerprint density at radius 3 is 2.60 bits per heavy atom. The normalized spacial score (nSPS) is 11.4. The maximum Gasteiger partial charge on any atom is 0.263 e. The van der Waals surface area contributed by atoms with Crippen LogP contribution in [-0.4, -0.2) is 38.2 Å². The van der Waals surface area contributed by atoms with Crippen molar-refractivity contribution in [1.29, 1.82) is 0 Å². The first-order valence-electron chi connectivity index (χ1n) is 7.46. The number of rotatable bonds is 7. The van der Waals surface area contributed by atoms with Crippen LogP contribution in [0.5, 0.6) is 0 Å². The van der Waals surface area contributed by atoms with Crippen LogP contribution in [0.3, 0.4) is 0 Å². The van der Waals surface area contributed by atoms with Crippen LogP contribution in [0.2, 0.25) is 0 Å². The number of nitrogens with one attached hydrogen (secondary N) is 2. The minimum atomic E-state index is -3.80. The molecule has 0 atom stereocenters. The number of benzene rings is 1. The standard InChI is InChI=1S/C15H20N4O4S2/c1-9-8-13(10(2)7-12(9)16-11(3)20)25(21,22)19-15-18-17-14(24-15)5-6-23-4/h7-8H,5-6H2,1-4H3,(H,16,20)(H,18,19). The van der Waals surface area contributed by atoms with Crippen molar-refractivity contribution in [2.75, 3.05) is 23.8 Å². The fraction of sp³-hybridized carbons (Fsp3) is 0.400. The van der Waals surface area contributed by atoms with Gasteiger partial charge in [0.1, 0.15) is 5.01 Å². The third-order valence-electron chi connectivity index (χ3n) is 3.33. The van der Waals surface area contributed by atoms with Crippen LogP contribution >= 0.6 is 11.3 Å². The molecule has 1 aromatic carbocycles. The minimum Gasteiger partial charge on any atom is -0.384 e. The number of sulfonamides is 1. The third kappa shape index (κ3) is 4.97. The molecule has 136 valence electrons. The van der Waals surface area contributed by atoms with Gasteiger partial charge in [-0.25, -0.2) is 8.42 Å². The van der Waals surface area contributed by atoms with Gasteiger partial charge >= 0.3 is 0 Å². The van der Waals surface area contributed by atoms with Crippen molar-refractivity contribution in [2.45, 2.75) is 32.1 Å². The number of methoxy groups -OCH3 is 1. The summed E-state index contributed by atoms with van der Waals surface area (Å²) in [6.07, 6.45) is 0.569. The molecular formula is C15H20N4O4S2. The minimum absolute atomic E-state index is 0.132. The first-order chi connectivity index (χ1) is 11.7. The lowest BCUT2D eigenvalue weighted by Crippen LogP contribution is -2.15. The van der Waals surface area contributed by atoms with Crippen molar-refractivity contribution < 1.29 is 17.9 Å². The highest BCUT2D eigenvalue weighted by Gasteiger charge is 2.20. The Morgan fingerprint density at radius 2 is 1.96 bits per heavy atom. The quantitative estimate of drug-likeness (QED) is 0.756. The largest absolute Gasteiger partial charge is 0.384 e. The summed E-state index contributed by atoms with van der Waals surface area (Å²) in [7, 11) is -2.22. The Balaban J connectivity index is 2.25. The maximum atomic E-state index is 12.6. The number of amides is 1. The molecule has 1 amide bonds. The molecule has 0 aliphatic carbocycles. The zero-order chi connectivity index (χ0) is 18.6. The molecule has 10 heteroatoms. The first kappa shape index (κ1) is 19.3. The van der Waals surface area contributed by atoms with Crippen LogP contribution in [-0.2, 0) is 26.0 Å². The van der Waals surface area contributed by atoms with Crippen LogP contribution < -0.4 is 10.0 Å². The summed E-state index contributed by atoms with van der Waals surface area (Å²) in [6.45, 7) is 5.29. The molecule has 0 saturated heterocycles. The van der Waals surface area contributed by atoms with Crippen molar-refractivity contribution in [3.8, 4) is 0 Å². The summed E-state index contributed by atoms with van der Waals surface area (Å²) < 4.78 is 32.7. The van der Waals surface area contributed by atoms with E-state index in [4.69, 9.17) is 4.74 Å². The lowest BCUT2D eigenvalue weighted by molar-refractivity contribution is -0.114. The highest BCUT2D eigenvalue weighted by Crippen LogP contribution is 2.27. The van der Waals surface area contributed by atoms with E-state index in [-0.39, 0.29) is 15.9 Å². The van der Waals surface area contributed by atoms with Gasteiger partial charge < -0.3 is 10.1 Å². The molecule has 0 radical (unpaired) electrons. The molecular weight excluding hydrogens is 364 g/mol. The molecule has 0 saturated carbocycles. The zero-order valence-electron chi connectivity index (χ0n) is 14.4. The molecule has 1 heterocycles. The number of ether oxygens (including phenoxy) is 1. The highest BCUT2D eigenvalue weighted by atomic mass is 32.2. The summed E-state index contributed by atoms with van der Waals surface area (Å²) in [5.74, 6) is -0.214. The average molecular weight is 384 g/mol. The third-order valence-corrected chi connectivity index (χ3v) is 5.84. The number of nitrogens with zero attached hydrogens (tertiary/aromatic N) is 2. The van der Waals surface area contributed by atoms with Gasteiger partial charge in [-0.05, 0) is 37.1 Å². The van der Waals surface area contributed by atoms with E-state index < -0.39 is 10.0 Å². The molecule has 0 spiro atoms. The van der Waals surface area contributed by atoms with Gasteiger partial charge in [-0.1, -0.05) is 11.3 Å². The Hall–Kier alpha value is -2.04. The molecule has 0 unspecified atom stereocenters. The molecule has 0 bridgehead atoms. The number of aromatic nitrogens is 2. The van der Waals surface area contributed by atoms with E-state index in [1.165, 1.54) is 24.3 Å². The van der Waals surface area contributed by atoms with Gasteiger partial charge in [-0.15, -0.1) is 10.2 Å². The van der Waals surface area contributed by atoms with Gasteiger partial charge in [0, 0.05) is 26.1 Å². The number of anilines is 2. The van der Waals surface area contributed by atoms with Crippen LogP contribution in [0.1, 0.15) is 23.1 Å². The fourth-order valence-corrected chi connectivity index (χ4v) is 4.42. The molecule has 8 nitrogen and oxygen atoms in total. The van der Waals surface area contributed by atoms with E-state index in [1.807, 2.05) is 0 Å². The van der Waals surface area contributed by atoms with Crippen LogP contribution in [0.15, 0.2) is 17.0 Å². The smallest absolute Gasteiger partial charge is 0.263 e. The predicted octanol–water partition coefficient (Wildman–Crippen LogP) is 2.10.